The fourth-order valence-electron chi connectivity index (χ4n) is 6.86. The molecule has 11 heteroatoms. The minimum Gasteiger partial charge on any atom is -0.378 e. The molecule has 1 unspecified atom stereocenters. The molecule has 0 spiro atoms. The maximum absolute atomic E-state index is 13.3. The second-order valence-corrected chi connectivity index (χ2v) is 12.0. The molecule has 4 fully saturated rings. The molecule has 0 aromatic heterocycles. The van der Waals surface area contributed by atoms with Crippen molar-refractivity contribution in [3.8, 4) is 0 Å². The highest BCUT2D eigenvalue weighted by atomic mass is 16.5. The van der Waals surface area contributed by atoms with Crippen LogP contribution in [0.15, 0.2) is 18.2 Å². The Kier molecular flexibility index (Phi) is 8.07. The summed E-state index contributed by atoms with van der Waals surface area (Å²) in [5.74, 6) is -1.15. The van der Waals surface area contributed by atoms with Crippen LogP contribution in [0.2, 0.25) is 0 Å². The van der Waals surface area contributed by atoms with Gasteiger partial charge in [-0.05, 0) is 82.2 Å². The van der Waals surface area contributed by atoms with Crippen molar-refractivity contribution in [1.29, 1.82) is 0 Å². The molecular weight excluding hydrogens is 526 g/mol. The van der Waals surface area contributed by atoms with Crippen LogP contribution < -0.4 is 15.5 Å². The zero-order valence-electron chi connectivity index (χ0n) is 23.4. The van der Waals surface area contributed by atoms with Crippen molar-refractivity contribution in [2.45, 2.75) is 63.5 Å². The molecule has 5 amide bonds. The Morgan fingerprint density at radius 3 is 2.27 bits per heavy atom. The van der Waals surface area contributed by atoms with Gasteiger partial charge in [-0.2, -0.15) is 0 Å². The van der Waals surface area contributed by atoms with E-state index in [9.17, 15) is 24.0 Å². The normalized spacial score (nSPS) is 25.1. The molecule has 0 radical (unpaired) electrons. The summed E-state index contributed by atoms with van der Waals surface area (Å²) in [5, 5.41) is 5.61. The maximum Gasteiger partial charge on any atom is 0.262 e. The first kappa shape index (κ1) is 27.8. The number of benzene rings is 1. The number of nitrogens with one attached hydrogen (secondary N) is 2. The van der Waals surface area contributed by atoms with Crippen LogP contribution in [0.25, 0.3) is 0 Å². The first-order chi connectivity index (χ1) is 19.9. The highest BCUT2D eigenvalue weighted by molar-refractivity contribution is 6.23. The molecule has 4 saturated heterocycles. The van der Waals surface area contributed by atoms with E-state index in [-0.39, 0.29) is 41.9 Å². The van der Waals surface area contributed by atoms with Crippen LogP contribution >= 0.6 is 0 Å². The van der Waals surface area contributed by atoms with Gasteiger partial charge in [-0.15, -0.1) is 0 Å². The number of ether oxygens (including phenoxy) is 1. The summed E-state index contributed by atoms with van der Waals surface area (Å²) < 4.78 is 6.20. The monoisotopic (exact) mass is 565 g/mol. The van der Waals surface area contributed by atoms with Gasteiger partial charge in [-0.1, -0.05) is 0 Å². The fraction of sp³-hybridized carbons (Fsp3) is 0.633. The van der Waals surface area contributed by atoms with Crippen LogP contribution in [0, 0.1) is 11.8 Å². The van der Waals surface area contributed by atoms with Crippen molar-refractivity contribution >= 4 is 35.2 Å². The largest absolute Gasteiger partial charge is 0.378 e. The first-order valence-electron chi connectivity index (χ1n) is 15.1. The van der Waals surface area contributed by atoms with Gasteiger partial charge in [-0.3, -0.25) is 34.2 Å². The second-order valence-electron chi connectivity index (χ2n) is 12.0. The van der Waals surface area contributed by atoms with Crippen molar-refractivity contribution < 1.29 is 28.7 Å². The number of likely N-dealkylation sites (tertiary alicyclic amines) is 1. The third-order valence-corrected chi connectivity index (χ3v) is 9.41. The number of nitrogens with zero attached hydrogens (tertiary/aromatic N) is 3. The highest BCUT2D eigenvalue weighted by Crippen LogP contribution is 2.33. The molecular formula is C30H39N5O6. The van der Waals surface area contributed by atoms with E-state index in [1.165, 1.54) is 12.8 Å². The van der Waals surface area contributed by atoms with Gasteiger partial charge in [0.15, 0.2) is 0 Å². The Morgan fingerprint density at radius 1 is 0.854 bits per heavy atom. The number of anilines is 1. The van der Waals surface area contributed by atoms with Gasteiger partial charge < -0.3 is 19.9 Å². The van der Waals surface area contributed by atoms with E-state index in [1.807, 2.05) is 11.0 Å². The molecule has 6 rings (SSSR count). The molecule has 0 aliphatic carbocycles. The zero-order valence-corrected chi connectivity index (χ0v) is 23.4. The van der Waals surface area contributed by atoms with E-state index in [2.05, 4.69) is 15.5 Å². The SMILES string of the molecule is O=C1CCC(N2C(=O)c3ccc(N4CCC(C(=O)N5CCC(OCC6CCNCC6)CC5)CC4)cc3C2=O)C(=O)N1. The predicted molar refractivity (Wildman–Crippen MR) is 149 cm³/mol. The van der Waals surface area contributed by atoms with Crippen LogP contribution in [0.4, 0.5) is 5.69 Å². The Hall–Kier alpha value is -3.31. The number of carbonyl (C=O) groups is 5. The Balaban J connectivity index is 0.998. The van der Waals surface area contributed by atoms with E-state index in [1.54, 1.807) is 12.1 Å². The summed E-state index contributed by atoms with van der Waals surface area (Å²) in [6, 6.07) is 4.22. The van der Waals surface area contributed by atoms with Gasteiger partial charge in [0.2, 0.25) is 17.7 Å². The van der Waals surface area contributed by atoms with Gasteiger partial charge in [0.25, 0.3) is 11.8 Å². The number of hydrogen-bond donors (Lipinski definition) is 2. The third kappa shape index (κ3) is 5.74. The number of rotatable bonds is 6. The fourth-order valence-corrected chi connectivity index (χ4v) is 6.86. The number of imide groups is 2. The Morgan fingerprint density at radius 2 is 1.56 bits per heavy atom. The number of hydrogen-bond acceptors (Lipinski definition) is 8. The van der Waals surface area contributed by atoms with Gasteiger partial charge in [-0.25, -0.2) is 0 Å². The van der Waals surface area contributed by atoms with Crippen molar-refractivity contribution in [3.05, 3.63) is 29.3 Å². The molecule has 5 heterocycles. The lowest BCUT2D eigenvalue weighted by atomic mass is 9.93. The van der Waals surface area contributed by atoms with Gasteiger partial charge in [0.05, 0.1) is 17.2 Å². The quantitative estimate of drug-likeness (QED) is 0.495. The lowest BCUT2D eigenvalue weighted by Crippen LogP contribution is -2.54. The lowest BCUT2D eigenvalue weighted by molar-refractivity contribution is -0.139. The van der Waals surface area contributed by atoms with E-state index in [0.717, 1.165) is 69.1 Å². The number of piperidine rings is 4. The van der Waals surface area contributed by atoms with Crippen molar-refractivity contribution in [2.75, 3.05) is 50.8 Å². The summed E-state index contributed by atoms with van der Waals surface area (Å²) in [7, 11) is 0. The van der Waals surface area contributed by atoms with E-state index >= 15 is 0 Å². The first-order valence-corrected chi connectivity index (χ1v) is 15.1. The number of amides is 5. The van der Waals surface area contributed by atoms with Crippen molar-refractivity contribution in [3.63, 3.8) is 0 Å². The van der Waals surface area contributed by atoms with Crippen molar-refractivity contribution in [2.24, 2.45) is 11.8 Å². The standard InChI is InChI=1S/C30H39N5O6/c36-26-4-3-25(27(37)32-26)35-29(39)23-2-1-21(17-24(23)30(35)40)33-13-7-20(8-14-33)28(38)34-15-9-22(10-16-34)41-18-19-5-11-31-12-6-19/h1-2,17,19-20,22,25,31H,3-16,18H2,(H,32,36,37). The molecule has 5 aliphatic rings. The van der Waals surface area contributed by atoms with Gasteiger partial charge in [0.1, 0.15) is 6.04 Å². The van der Waals surface area contributed by atoms with E-state index in [4.69, 9.17) is 4.74 Å². The average molecular weight is 566 g/mol. The smallest absolute Gasteiger partial charge is 0.262 e. The minimum absolute atomic E-state index is 0.0147. The van der Waals surface area contributed by atoms with Crippen LogP contribution in [-0.2, 0) is 19.1 Å². The number of carbonyl (C=O) groups excluding carboxylic acids is 5. The van der Waals surface area contributed by atoms with Crippen molar-refractivity contribution in [1.82, 2.24) is 20.4 Å². The Labute approximate surface area is 239 Å². The highest BCUT2D eigenvalue weighted by Gasteiger charge is 2.45. The molecule has 1 aromatic rings. The number of fused-ring (bicyclic) bond motifs is 1. The zero-order chi connectivity index (χ0) is 28.5. The molecule has 41 heavy (non-hydrogen) atoms. The third-order valence-electron chi connectivity index (χ3n) is 9.41. The average Bonchev–Trinajstić information content (AvgIpc) is 3.25. The summed E-state index contributed by atoms with van der Waals surface area (Å²) in [6.07, 6.45) is 6.08. The van der Waals surface area contributed by atoms with E-state index < -0.39 is 29.7 Å². The van der Waals surface area contributed by atoms with Crippen LogP contribution in [0.1, 0.15) is 72.1 Å². The molecule has 1 atom stereocenters. The summed E-state index contributed by atoms with van der Waals surface area (Å²) >= 11 is 0. The lowest BCUT2D eigenvalue weighted by Gasteiger charge is -2.38. The maximum atomic E-state index is 13.3. The summed E-state index contributed by atoms with van der Waals surface area (Å²) in [6.45, 7) is 5.85. The molecule has 1 aromatic carbocycles. The predicted octanol–water partition coefficient (Wildman–Crippen LogP) is 1.31. The molecule has 2 N–H and O–H groups in total. The van der Waals surface area contributed by atoms with Crippen LogP contribution in [-0.4, -0.2) is 97.4 Å². The Bertz CT molecular complexity index is 1210. The topological polar surface area (TPSA) is 128 Å². The van der Waals surface area contributed by atoms with Crippen LogP contribution in [0.5, 0.6) is 0 Å². The minimum atomic E-state index is -0.976. The summed E-state index contributed by atoms with van der Waals surface area (Å²) in [5.41, 5.74) is 1.38. The molecule has 11 nitrogen and oxygen atoms in total. The molecule has 5 aliphatic heterocycles. The van der Waals surface area contributed by atoms with Gasteiger partial charge >= 0.3 is 0 Å². The molecule has 0 saturated carbocycles. The molecule has 220 valence electrons. The summed E-state index contributed by atoms with van der Waals surface area (Å²) in [4.78, 5) is 68.5. The van der Waals surface area contributed by atoms with Gasteiger partial charge in [0, 0.05) is 50.8 Å². The van der Waals surface area contributed by atoms with E-state index in [0.29, 0.717) is 19.0 Å². The molecule has 0 bridgehead atoms. The van der Waals surface area contributed by atoms with Crippen LogP contribution in [0.3, 0.4) is 0 Å². The second kappa shape index (κ2) is 11.9.